The zero-order valence-corrected chi connectivity index (χ0v) is 13.6. The van der Waals surface area contributed by atoms with Crippen LogP contribution in [0.15, 0.2) is 24.3 Å². The largest absolute Gasteiger partial charge is 0.444 e. The Kier molecular flexibility index (Phi) is 5.29. The predicted octanol–water partition coefficient (Wildman–Crippen LogP) is 2.53. The van der Waals surface area contributed by atoms with E-state index in [1.54, 1.807) is 0 Å². The Bertz CT molecular complexity index is 511. The summed E-state index contributed by atoms with van der Waals surface area (Å²) in [6.45, 7) is 8.14. The molecular formula is C17H26N2O3. The molecule has 22 heavy (non-hydrogen) atoms. The van der Waals surface area contributed by atoms with Crippen molar-refractivity contribution in [3.05, 3.63) is 29.8 Å². The van der Waals surface area contributed by atoms with E-state index in [0.717, 1.165) is 30.8 Å². The molecule has 2 rings (SSSR count). The number of nitrogens with one attached hydrogen (secondary N) is 1. The minimum absolute atomic E-state index is 0.0608. The number of aliphatic hydroxyl groups excluding tert-OH is 1. The van der Waals surface area contributed by atoms with Gasteiger partial charge in [0.1, 0.15) is 5.60 Å². The van der Waals surface area contributed by atoms with E-state index in [1.807, 2.05) is 39.0 Å². The van der Waals surface area contributed by atoms with Crippen molar-refractivity contribution in [3.8, 4) is 0 Å². The van der Waals surface area contributed by atoms with Gasteiger partial charge in [0.05, 0.1) is 6.61 Å². The van der Waals surface area contributed by atoms with Crippen LogP contribution >= 0.6 is 0 Å². The molecule has 1 atom stereocenters. The fourth-order valence-corrected chi connectivity index (χ4v) is 2.63. The Morgan fingerprint density at radius 3 is 2.91 bits per heavy atom. The summed E-state index contributed by atoms with van der Waals surface area (Å²) < 4.78 is 5.25. The standard InChI is InChI=1S/C17H26N2O3/c1-17(2,3)22-16(21)18-10-14-7-8-19(11-14)15-6-4-5-13(9-15)12-20/h4-6,9,14,20H,7-8,10-12H2,1-3H3,(H,18,21)/t14-/m1/s1. The molecule has 5 heteroatoms. The van der Waals surface area contributed by atoms with E-state index < -0.39 is 5.60 Å². The molecule has 0 aliphatic carbocycles. The second-order valence-corrected chi connectivity index (χ2v) is 6.81. The summed E-state index contributed by atoms with van der Waals surface area (Å²) in [5, 5.41) is 12.1. The molecule has 0 unspecified atom stereocenters. The van der Waals surface area contributed by atoms with Gasteiger partial charge in [0, 0.05) is 25.3 Å². The number of benzene rings is 1. The number of anilines is 1. The first-order chi connectivity index (χ1) is 10.4. The minimum atomic E-state index is -0.462. The maximum absolute atomic E-state index is 11.7. The molecule has 0 radical (unpaired) electrons. The summed E-state index contributed by atoms with van der Waals surface area (Å²) in [6.07, 6.45) is 0.687. The Hall–Kier alpha value is -1.75. The molecule has 1 heterocycles. The molecule has 0 bridgehead atoms. The Morgan fingerprint density at radius 2 is 2.23 bits per heavy atom. The average Bonchev–Trinajstić information content (AvgIpc) is 2.92. The highest BCUT2D eigenvalue weighted by Crippen LogP contribution is 2.24. The number of amides is 1. The summed E-state index contributed by atoms with van der Waals surface area (Å²) in [7, 11) is 0. The number of hydrogen-bond acceptors (Lipinski definition) is 4. The third kappa shape index (κ3) is 4.91. The fourth-order valence-electron chi connectivity index (χ4n) is 2.63. The lowest BCUT2D eigenvalue weighted by Crippen LogP contribution is -2.36. The summed E-state index contributed by atoms with van der Waals surface area (Å²) in [5.41, 5.74) is 1.59. The maximum atomic E-state index is 11.7. The third-order valence-corrected chi connectivity index (χ3v) is 3.68. The van der Waals surface area contributed by atoms with Crippen LogP contribution in [0.4, 0.5) is 10.5 Å². The Balaban J connectivity index is 1.81. The highest BCUT2D eigenvalue weighted by molar-refractivity contribution is 5.67. The van der Waals surface area contributed by atoms with Crippen molar-refractivity contribution >= 4 is 11.8 Å². The van der Waals surface area contributed by atoms with Gasteiger partial charge < -0.3 is 20.1 Å². The molecule has 1 amide bonds. The van der Waals surface area contributed by atoms with Crippen LogP contribution < -0.4 is 10.2 Å². The number of ether oxygens (including phenoxy) is 1. The fraction of sp³-hybridized carbons (Fsp3) is 0.588. The SMILES string of the molecule is CC(C)(C)OC(=O)NC[C@H]1CCN(c2cccc(CO)c2)C1. The molecule has 1 saturated heterocycles. The lowest BCUT2D eigenvalue weighted by molar-refractivity contribution is 0.0520. The van der Waals surface area contributed by atoms with Gasteiger partial charge in [-0.25, -0.2) is 4.79 Å². The summed E-state index contributed by atoms with van der Waals surface area (Å²) in [6, 6.07) is 7.96. The van der Waals surface area contributed by atoms with Gasteiger partial charge in [0.15, 0.2) is 0 Å². The average molecular weight is 306 g/mol. The van der Waals surface area contributed by atoms with Crippen LogP contribution in [0.1, 0.15) is 32.8 Å². The summed E-state index contributed by atoms with van der Waals surface area (Å²) >= 11 is 0. The predicted molar refractivity (Wildman–Crippen MR) is 86.9 cm³/mol. The van der Waals surface area contributed by atoms with E-state index in [4.69, 9.17) is 4.74 Å². The summed E-state index contributed by atoms with van der Waals surface area (Å²) in [5.74, 6) is 0.422. The van der Waals surface area contributed by atoms with E-state index in [0.29, 0.717) is 12.5 Å². The van der Waals surface area contributed by atoms with Crippen LogP contribution in [-0.2, 0) is 11.3 Å². The van der Waals surface area contributed by atoms with Gasteiger partial charge in [-0.15, -0.1) is 0 Å². The molecule has 0 spiro atoms. The zero-order valence-electron chi connectivity index (χ0n) is 13.6. The van der Waals surface area contributed by atoms with Gasteiger partial charge in [-0.05, 0) is 50.8 Å². The van der Waals surface area contributed by atoms with Crippen molar-refractivity contribution in [1.29, 1.82) is 0 Å². The smallest absolute Gasteiger partial charge is 0.407 e. The molecule has 0 aromatic heterocycles. The van der Waals surface area contributed by atoms with E-state index in [1.165, 1.54) is 0 Å². The Labute approximate surface area is 132 Å². The second-order valence-electron chi connectivity index (χ2n) is 6.81. The molecule has 5 nitrogen and oxygen atoms in total. The molecule has 2 N–H and O–H groups in total. The minimum Gasteiger partial charge on any atom is -0.444 e. The molecule has 1 aromatic carbocycles. The van der Waals surface area contributed by atoms with Gasteiger partial charge in [-0.1, -0.05) is 12.1 Å². The first-order valence-corrected chi connectivity index (χ1v) is 7.79. The molecule has 122 valence electrons. The lowest BCUT2D eigenvalue weighted by Gasteiger charge is -2.21. The number of nitrogens with zero attached hydrogens (tertiary/aromatic N) is 1. The normalized spacial score (nSPS) is 18.4. The molecule has 1 fully saturated rings. The van der Waals surface area contributed by atoms with Crippen molar-refractivity contribution in [2.45, 2.75) is 39.4 Å². The molecule has 1 aliphatic rings. The van der Waals surface area contributed by atoms with Gasteiger partial charge in [-0.3, -0.25) is 0 Å². The maximum Gasteiger partial charge on any atom is 0.407 e. The van der Waals surface area contributed by atoms with Crippen LogP contribution in [0.2, 0.25) is 0 Å². The first kappa shape index (κ1) is 16.6. The molecule has 1 aliphatic heterocycles. The second kappa shape index (κ2) is 7.01. The van der Waals surface area contributed by atoms with Gasteiger partial charge in [-0.2, -0.15) is 0 Å². The van der Waals surface area contributed by atoms with Crippen LogP contribution in [0.5, 0.6) is 0 Å². The first-order valence-electron chi connectivity index (χ1n) is 7.79. The van der Waals surface area contributed by atoms with E-state index in [-0.39, 0.29) is 12.7 Å². The number of hydrogen-bond donors (Lipinski definition) is 2. The van der Waals surface area contributed by atoms with Gasteiger partial charge in [0.2, 0.25) is 0 Å². The highest BCUT2D eigenvalue weighted by atomic mass is 16.6. The van der Waals surface area contributed by atoms with Gasteiger partial charge >= 0.3 is 6.09 Å². The number of aliphatic hydroxyl groups is 1. The van der Waals surface area contributed by atoms with E-state index >= 15 is 0 Å². The molecule has 0 saturated carbocycles. The van der Waals surface area contributed by atoms with Crippen molar-refractivity contribution in [1.82, 2.24) is 5.32 Å². The van der Waals surface area contributed by atoms with Crippen LogP contribution in [0, 0.1) is 5.92 Å². The summed E-state index contributed by atoms with van der Waals surface area (Å²) in [4.78, 5) is 14.0. The molecular weight excluding hydrogens is 280 g/mol. The van der Waals surface area contributed by atoms with Crippen molar-refractivity contribution in [3.63, 3.8) is 0 Å². The lowest BCUT2D eigenvalue weighted by atomic mass is 10.1. The van der Waals surface area contributed by atoms with E-state index in [9.17, 15) is 9.90 Å². The highest BCUT2D eigenvalue weighted by Gasteiger charge is 2.24. The van der Waals surface area contributed by atoms with Gasteiger partial charge in [0.25, 0.3) is 0 Å². The van der Waals surface area contributed by atoms with Crippen LogP contribution in [0.3, 0.4) is 0 Å². The van der Waals surface area contributed by atoms with Crippen molar-refractivity contribution in [2.24, 2.45) is 5.92 Å². The Morgan fingerprint density at radius 1 is 1.45 bits per heavy atom. The third-order valence-electron chi connectivity index (χ3n) is 3.68. The topological polar surface area (TPSA) is 61.8 Å². The van der Waals surface area contributed by atoms with Crippen molar-refractivity contribution in [2.75, 3.05) is 24.5 Å². The van der Waals surface area contributed by atoms with E-state index in [2.05, 4.69) is 16.3 Å². The molecule has 1 aromatic rings. The van der Waals surface area contributed by atoms with Crippen molar-refractivity contribution < 1.29 is 14.6 Å². The number of carbonyl (C=O) groups is 1. The zero-order chi connectivity index (χ0) is 16.2. The monoisotopic (exact) mass is 306 g/mol. The quantitative estimate of drug-likeness (QED) is 0.897. The number of rotatable bonds is 4. The number of carbonyl (C=O) groups excluding carboxylic acids is 1. The van der Waals surface area contributed by atoms with Crippen LogP contribution in [0.25, 0.3) is 0 Å². The van der Waals surface area contributed by atoms with Crippen LogP contribution in [-0.4, -0.2) is 36.4 Å². The number of alkyl carbamates (subject to hydrolysis) is 1.